The highest BCUT2D eigenvalue weighted by Crippen LogP contribution is 2.33. The summed E-state index contributed by atoms with van der Waals surface area (Å²) in [4.78, 5) is 37.2. The van der Waals surface area contributed by atoms with Crippen LogP contribution in [0.5, 0.6) is 0 Å². The molecule has 0 bridgehead atoms. The van der Waals surface area contributed by atoms with E-state index in [1.54, 1.807) is 0 Å². The molecule has 2 saturated carbocycles. The minimum atomic E-state index is -0.249. The first-order valence-corrected chi connectivity index (χ1v) is 17.7. The molecule has 2 heterocycles. The van der Waals surface area contributed by atoms with Crippen molar-refractivity contribution in [3.05, 3.63) is 34.9 Å². The molecular weight excluding hydrogens is 558 g/mol. The van der Waals surface area contributed by atoms with Crippen molar-refractivity contribution in [2.45, 2.75) is 146 Å². The predicted octanol–water partition coefficient (Wildman–Crippen LogP) is 6.33. The predicted molar refractivity (Wildman–Crippen MR) is 176 cm³/mol. The molecule has 5 rings (SSSR count). The average molecular weight is 614 g/mol. The maximum atomic E-state index is 14.2. The van der Waals surface area contributed by atoms with Gasteiger partial charge in [-0.15, -0.1) is 0 Å². The maximum Gasteiger partial charge on any atom is 0.320 e. The van der Waals surface area contributed by atoms with Crippen molar-refractivity contribution in [3.63, 3.8) is 0 Å². The van der Waals surface area contributed by atoms with Gasteiger partial charge in [0.1, 0.15) is 0 Å². The summed E-state index contributed by atoms with van der Waals surface area (Å²) in [5, 5.41) is 4.53. The van der Waals surface area contributed by atoms with Crippen molar-refractivity contribution in [3.8, 4) is 0 Å². The molecule has 0 spiro atoms. The number of carbonyl (C=O) groups is 2. The fourth-order valence-electron chi connectivity index (χ4n) is 8.38. The molecule has 3 amide bonds. The van der Waals surface area contributed by atoms with Gasteiger partial charge < -0.3 is 24.9 Å². The summed E-state index contributed by atoms with van der Waals surface area (Å²) >= 11 is 6.18. The molecule has 1 aromatic carbocycles. The third kappa shape index (κ3) is 8.07. The van der Waals surface area contributed by atoms with Gasteiger partial charge in [0.2, 0.25) is 5.91 Å². The smallest absolute Gasteiger partial charge is 0.320 e. The highest BCUT2D eigenvalue weighted by molar-refractivity contribution is 6.30. The first kappa shape index (κ1) is 32.6. The Morgan fingerprint density at radius 2 is 1.40 bits per heavy atom. The van der Waals surface area contributed by atoms with Crippen molar-refractivity contribution in [1.29, 1.82) is 0 Å². The SMILES string of the molecule is C[C@@H]1CC[C@H](C)N1C(=O)N(C1CCCCC1)C1CCN(C(=O)[C@@H](Cc2ccc(Cl)cc2)N[C@H]2CC[C@@H](N(C)C)CC2)CC1. The number of urea groups is 1. The fraction of sp³-hybridized carbons (Fsp3) is 0.771. The lowest BCUT2D eigenvalue weighted by atomic mass is 9.89. The van der Waals surface area contributed by atoms with E-state index in [0.717, 1.165) is 87.9 Å². The van der Waals surface area contributed by atoms with E-state index in [2.05, 4.69) is 52.9 Å². The molecule has 3 atom stereocenters. The minimum Gasteiger partial charge on any atom is -0.341 e. The van der Waals surface area contributed by atoms with Crippen molar-refractivity contribution < 1.29 is 9.59 Å². The number of amides is 3. The molecule has 2 saturated heterocycles. The van der Waals surface area contributed by atoms with Gasteiger partial charge in [0.25, 0.3) is 0 Å². The summed E-state index contributed by atoms with van der Waals surface area (Å²) in [6, 6.07) is 10.1. The zero-order chi connectivity index (χ0) is 30.5. The van der Waals surface area contributed by atoms with Crippen LogP contribution in [0, 0.1) is 0 Å². The Hall–Kier alpha value is -1.83. The lowest BCUT2D eigenvalue weighted by Crippen LogP contribution is -2.59. The van der Waals surface area contributed by atoms with Crippen molar-refractivity contribution in [2.24, 2.45) is 0 Å². The summed E-state index contributed by atoms with van der Waals surface area (Å²) in [6.45, 7) is 5.86. The molecule has 43 heavy (non-hydrogen) atoms. The molecule has 2 aliphatic heterocycles. The van der Waals surface area contributed by atoms with Crippen LogP contribution in [-0.4, -0.2) is 101 Å². The second kappa shape index (κ2) is 15.0. The van der Waals surface area contributed by atoms with Crippen molar-refractivity contribution >= 4 is 23.5 Å². The van der Waals surface area contributed by atoms with Gasteiger partial charge in [0, 0.05) is 54.4 Å². The summed E-state index contributed by atoms with van der Waals surface area (Å²) in [5.41, 5.74) is 1.13. The maximum absolute atomic E-state index is 14.2. The normalized spacial score (nSPS) is 28.3. The summed E-state index contributed by atoms with van der Waals surface area (Å²) < 4.78 is 0. The van der Waals surface area contributed by atoms with Crippen molar-refractivity contribution in [2.75, 3.05) is 27.2 Å². The fourth-order valence-corrected chi connectivity index (χ4v) is 8.50. The van der Waals surface area contributed by atoms with E-state index >= 15 is 0 Å². The number of nitrogens with zero attached hydrogens (tertiary/aromatic N) is 4. The Bertz CT molecular complexity index is 1030. The summed E-state index contributed by atoms with van der Waals surface area (Å²) in [6.07, 6.45) is 15.1. The second-order valence-electron chi connectivity index (χ2n) is 14.2. The zero-order valence-corrected chi connectivity index (χ0v) is 27.9. The van der Waals surface area contributed by atoms with Gasteiger partial charge in [-0.3, -0.25) is 4.79 Å². The molecule has 4 aliphatic rings. The third-order valence-electron chi connectivity index (χ3n) is 11.0. The molecule has 0 aromatic heterocycles. The number of rotatable bonds is 8. The van der Waals surface area contributed by atoms with E-state index in [1.807, 2.05) is 24.3 Å². The summed E-state index contributed by atoms with van der Waals surface area (Å²) in [7, 11) is 4.34. The van der Waals surface area contributed by atoms with Crippen LogP contribution in [-0.2, 0) is 11.2 Å². The van der Waals surface area contributed by atoms with Gasteiger partial charge in [-0.2, -0.15) is 0 Å². The van der Waals surface area contributed by atoms with E-state index < -0.39 is 0 Å². The van der Waals surface area contributed by atoms with Gasteiger partial charge in [-0.05, 0) is 116 Å². The van der Waals surface area contributed by atoms with Gasteiger partial charge in [-0.25, -0.2) is 4.79 Å². The molecule has 1 aromatic rings. The largest absolute Gasteiger partial charge is 0.341 e. The number of piperidine rings is 1. The molecule has 8 heteroatoms. The van der Waals surface area contributed by atoms with E-state index in [1.165, 1.54) is 19.3 Å². The average Bonchev–Trinajstić information content (AvgIpc) is 3.36. The number of halogens is 1. The third-order valence-corrected chi connectivity index (χ3v) is 11.3. The number of benzene rings is 1. The quantitative estimate of drug-likeness (QED) is 0.372. The van der Waals surface area contributed by atoms with E-state index in [-0.39, 0.29) is 24.0 Å². The van der Waals surface area contributed by atoms with Crippen LogP contribution >= 0.6 is 11.6 Å². The van der Waals surface area contributed by atoms with Crippen LogP contribution in [0.4, 0.5) is 4.79 Å². The van der Waals surface area contributed by atoms with Crippen LogP contribution in [0.3, 0.4) is 0 Å². The van der Waals surface area contributed by atoms with Gasteiger partial charge in [0.15, 0.2) is 0 Å². The second-order valence-corrected chi connectivity index (χ2v) is 14.7. The minimum absolute atomic E-state index is 0.209. The van der Waals surface area contributed by atoms with Gasteiger partial charge in [0.05, 0.1) is 6.04 Å². The molecular formula is C35H56ClN5O2. The Morgan fingerprint density at radius 1 is 0.814 bits per heavy atom. The number of likely N-dealkylation sites (tertiary alicyclic amines) is 2. The Morgan fingerprint density at radius 3 is 1.98 bits per heavy atom. The number of nitrogens with one attached hydrogen (secondary N) is 1. The van der Waals surface area contributed by atoms with Gasteiger partial charge in [-0.1, -0.05) is 43.0 Å². The van der Waals surface area contributed by atoms with E-state index in [9.17, 15) is 9.59 Å². The monoisotopic (exact) mass is 613 g/mol. The lowest BCUT2D eigenvalue weighted by molar-refractivity contribution is -0.135. The topological polar surface area (TPSA) is 59.1 Å². The number of hydrogen-bond donors (Lipinski definition) is 1. The van der Waals surface area contributed by atoms with Crippen LogP contribution in [0.2, 0.25) is 5.02 Å². The molecule has 240 valence electrons. The van der Waals surface area contributed by atoms with E-state index in [0.29, 0.717) is 36.6 Å². The Labute approximate surface area is 265 Å². The van der Waals surface area contributed by atoms with Crippen LogP contribution < -0.4 is 5.32 Å². The molecule has 1 N–H and O–H groups in total. The number of carbonyl (C=O) groups excluding carboxylic acids is 2. The number of hydrogen-bond acceptors (Lipinski definition) is 4. The highest BCUT2D eigenvalue weighted by atomic mass is 35.5. The molecule has 0 unspecified atom stereocenters. The van der Waals surface area contributed by atoms with Crippen molar-refractivity contribution in [1.82, 2.24) is 24.9 Å². The van der Waals surface area contributed by atoms with E-state index in [4.69, 9.17) is 11.6 Å². The standard InChI is InChI=1S/C35H56ClN5O2/c1-25-10-11-26(2)40(25)35(43)41(31-8-6-5-7-9-31)32-20-22-39(23-21-32)34(42)33(24-27-12-14-28(36)15-13-27)37-29-16-18-30(19-17-29)38(3)4/h12-15,25-26,29-33,37H,5-11,16-24H2,1-4H3/t25-,26+,29-,30+,33-/m1/s1. The highest BCUT2D eigenvalue weighted by Gasteiger charge is 2.41. The molecule has 2 aliphatic carbocycles. The first-order chi connectivity index (χ1) is 20.7. The Kier molecular flexibility index (Phi) is 11.3. The lowest BCUT2D eigenvalue weighted by Gasteiger charge is -2.46. The molecule has 0 radical (unpaired) electrons. The molecule has 7 nitrogen and oxygen atoms in total. The van der Waals surface area contributed by atoms with Gasteiger partial charge >= 0.3 is 6.03 Å². The summed E-state index contributed by atoms with van der Waals surface area (Å²) in [5.74, 6) is 0.209. The van der Waals surface area contributed by atoms with Crippen LogP contribution in [0.15, 0.2) is 24.3 Å². The zero-order valence-electron chi connectivity index (χ0n) is 27.1. The van der Waals surface area contributed by atoms with Crippen LogP contribution in [0.25, 0.3) is 0 Å². The molecule has 4 fully saturated rings. The van der Waals surface area contributed by atoms with Crippen LogP contribution in [0.1, 0.15) is 103 Å². The Balaban J connectivity index is 1.26. The first-order valence-electron chi connectivity index (χ1n) is 17.3.